The van der Waals surface area contributed by atoms with Crippen molar-refractivity contribution >= 4 is 11.8 Å². The van der Waals surface area contributed by atoms with Crippen molar-refractivity contribution < 1.29 is 22.8 Å². The predicted molar refractivity (Wildman–Crippen MR) is 151 cm³/mol. The number of aromatic nitrogens is 1. The van der Waals surface area contributed by atoms with Crippen LogP contribution in [0.5, 0.6) is 0 Å². The van der Waals surface area contributed by atoms with Gasteiger partial charge in [-0.1, -0.05) is 55.0 Å². The Balaban J connectivity index is 1.22. The Hall–Kier alpha value is -3.72. The summed E-state index contributed by atoms with van der Waals surface area (Å²) in [5.41, 5.74) is 2.71. The maximum Gasteiger partial charge on any atom is 0.405 e. The highest BCUT2D eigenvalue weighted by Crippen LogP contribution is 2.51. The lowest BCUT2D eigenvalue weighted by Crippen LogP contribution is -2.47. The van der Waals surface area contributed by atoms with Crippen molar-refractivity contribution in [3.8, 4) is 11.1 Å². The normalized spacial score (nSPS) is 17.9. The van der Waals surface area contributed by atoms with Crippen LogP contribution in [0.4, 0.5) is 13.2 Å². The van der Waals surface area contributed by atoms with Crippen LogP contribution in [0.15, 0.2) is 73.1 Å². The van der Waals surface area contributed by atoms with Gasteiger partial charge >= 0.3 is 6.18 Å². The second kappa shape index (κ2) is 12.4. The minimum absolute atomic E-state index is 0.124. The third-order valence-corrected chi connectivity index (χ3v) is 8.26. The van der Waals surface area contributed by atoms with E-state index in [1.165, 1.54) is 0 Å². The number of hydrogen-bond donors (Lipinski definition) is 2. The van der Waals surface area contributed by atoms with E-state index in [-0.39, 0.29) is 5.91 Å². The first kappa shape index (κ1) is 28.8. The van der Waals surface area contributed by atoms with Crippen LogP contribution in [-0.2, 0) is 10.2 Å². The van der Waals surface area contributed by atoms with E-state index < -0.39 is 24.0 Å². The standard InChI is InChI=1S/C32H35F3N4O2/c33-32(34,35)22-38-30(41)31(27-13-3-1-11-25(27)26-12-2-4-14-28(26)31)15-5-6-17-39-18-8-9-23(21-39)19-37-29(40)24-10-7-16-36-20-24/h1-4,7,10-14,16,20,23H,5-6,8-9,15,17-19,21-22H2,(H,37,40)(H,38,41). The van der Waals surface area contributed by atoms with Gasteiger partial charge in [0.25, 0.3) is 5.91 Å². The van der Waals surface area contributed by atoms with Crippen LogP contribution in [0.1, 0.15) is 53.6 Å². The minimum Gasteiger partial charge on any atom is -0.352 e. The highest BCUT2D eigenvalue weighted by molar-refractivity contribution is 6.00. The van der Waals surface area contributed by atoms with Crippen molar-refractivity contribution in [2.45, 2.75) is 43.7 Å². The molecule has 5 rings (SSSR count). The highest BCUT2D eigenvalue weighted by Gasteiger charge is 2.49. The number of benzene rings is 2. The fourth-order valence-corrected chi connectivity index (χ4v) is 6.37. The number of alkyl halides is 3. The molecule has 0 spiro atoms. The Bertz CT molecular complexity index is 1320. The molecule has 6 nitrogen and oxygen atoms in total. The van der Waals surface area contributed by atoms with Crippen LogP contribution in [0.3, 0.4) is 0 Å². The Kier molecular flexibility index (Phi) is 8.73. The first-order valence-corrected chi connectivity index (χ1v) is 14.2. The quantitative estimate of drug-likeness (QED) is 0.326. The van der Waals surface area contributed by atoms with Gasteiger partial charge in [-0.15, -0.1) is 0 Å². The molecular formula is C32H35F3N4O2. The fourth-order valence-electron chi connectivity index (χ4n) is 6.37. The summed E-state index contributed by atoms with van der Waals surface area (Å²) in [6.45, 7) is 1.91. The second-order valence-electron chi connectivity index (χ2n) is 11.0. The Morgan fingerprint density at radius 1 is 0.951 bits per heavy atom. The van der Waals surface area contributed by atoms with Gasteiger partial charge in [-0.2, -0.15) is 13.2 Å². The molecular weight excluding hydrogens is 529 g/mol. The maximum absolute atomic E-state index is 13.6. The zero-order chi connectivity index (χ0) is 28.9. The SMILES string of the molecule is O=C(NCC1CCCN(CCCCC2(C(=O)NCC(F)(F)F)c3ccccc3-c3ccccc32)C1)c1cccnc1. The Morgan fingerprint density at radius 3 is 2.32 bits per heavy atom. The fraction of sp³-hybridized carbons (Fsp3) is 0.406. The van der Waals surface area contributed by atoms with E-state index in [4.69, 9.17) is 0 Å². The number of amides is 2. The summed E-state index contributed by atoms with van der Waals surface area (Å²) in [4.78, 5) is 32.4. The van der Waals surface area contributed by atoms with E-state index in [0.29, 0.717) is 30.9 Å². The van der Waals surface area contributed by atoms with E-state index in [9.17, 15) is 22.8 Å². The number of nitrogens with zero attached hydrogens (tertiary/aromatic N) is 2. The number of hydrogen-bond acceptors (Lipinski definition) is 4. The minimum atomic E-state index is -4.49. The van der Waals surface area contributed by atoms with Gasteiger partial charge in [0, 0.05) is 25.5 Å². The van der Waals surface area contributed by atoms with Gasteiger partial charge in [-0.25, -0.2) is 0 Å². The molecule has 0 radical (unpaired) electrons. The molecule has 1 aliphatic carbocycles. The summed E-state index contributed by atoms with van der Waals surface area (Å²) in [5, 5.41) is 5.23. The molecule has 2 N–H and O–H groups in total. The van der Waals surface area contributed by atoms with Gasteiger partial charge < -0.3 is 15.5 Å². The van der Waals surface area contributed by atoms with E-state index in [1.54, 1.807) is 24.5 Å². The molecule has 41 heavy (non-hydrogen) atoms. The molecule has 1 atom stereocenters. The van der Waals surface area contributed by atoms with E-state index in [0.717, 1.165) is 61.2 Å². The van der Waals surface area contributed by atoms with Gasteiger partial charge in [0.05, 0.1) is 5.56 Å². The first-order chi connectivity index (χ1) is 19.8. The average Bonchev–Trinajstić information content (AvgIpc) is 3.28. The van der Waals surface area contributed by atoms with Gasteiger partial charge in [0.15, 0.2) is 0 Å². The molecule has 1 fully saturated rings. The number of unbranched alkanes of at least 4 members (excludes halogenated alkanes) is 1. The number of nitrogens with one attached hydrogen (secondary N) is 2. The molecule has 0 saturated carbocycles. The van der Waals surface area contributed by atoms with Crippen LogP contribution < -0.4 is 10.6 Å². The second-order valence-corrected chi connectivity index (χ2v) is 11.0. The molecule has 1 saturated heterocycles. The molecule has 1 aromatic heterocycles. The molecule has 3 aromatic rings. The third-order valence-electron chi connectivity index (χ3n) is 8.26. The molecule has 1 aliphatic heterocycles. The van der Waals surface area contributed by atoms with Crippen LogP contribution in [0.25, 0.3) is 11.1 Å². The average molecular weight is 565 g/mol. The lowest BCUT2D eigenvalue weighted by Gasteiger charge is -2.34. The smallest absolute Gasteiger partial charge is 0.352 e. The summed E-state index contributed by atoms with van der Waals surface area (Å²) in [6.07, 6.45) is 2.70. The summed E-state index contributed by atoms with van der Waals surface area (Å²) in [7, 11) is 0. The van der Waals surface area contributed by atoms with E-state index in [2.05, 4.69) is 20.5 Å². The van der Waals surface area contributed by atoms with Crippen molar-refractivity contribution in [2.75, 3.05) is 32.7 Å². The van der Waals surface area contributed by atoms with Crippen molar-refractivity contribution in [1.29, 1.82) is 0 Å². The summed E-state index contributed by atoms with van der Waals surface area (Å²) < 4.78 is 39.3. The summed E-state index contributed by atoms with van der Waals surface area (Å²) >= 11 is 0. The number of carbonyl (C=O) groups is 2. The topological polar surface area (TPSA) is 74.3 Å². The molecule has 0 bridgehead atoms. The Labute approximate surface area is 238 Å². The zero-order valence-corrected chi connectivity index (χ0v) is 22.9. The number of fused-ring (bicyclic) bond motifs is 3. The van der Waals surface area contributed by atoms with Crippen molar-refractivity contribution in [3.63, 3.8) is 0 Å². The molecule has 1 unspecified atom stereocenters. The van der Waals surface area contributed by atoms with Gasteiger partial charge in [0.1, 0.15) is 12.0 Å². The monoisotopic (exact) mass is 564 g/mol. The van der Waals surface area contributed by atoms with Gasteiger partial charge in [-0.3, -0.25) is 14.6 Å². The van der Waals surface area contributed by atoms with E-state index in [1.807, 2.05) is 48.5 Å². The third kappa shape index (κ3) is 6.45. The number of piperidine rings is 1. The van der Waals surface area contributed by atoms with Crippen LogP contribution >= 0.6 is 0 Å². The number of halogens is 3. The number of rotatable bonds is 10. The van der Waals surface area contributed by atoms with Crippen molar-refractivity contribution in [1.82, 2.24) is 20.5 Å². The number of pyridine rings is 1. The molecule has 2 aromatic carbocycles. The lowest BCUT2D eigenvalue weighted by atomic mass is 9.73. The lowest BCUT2D eigenvalue weighted by molar-refractivity contribution is -0.141. The molecule has 2 heterocycles. The molecule has 2 amide bonds. The first-order valence-electron chi connectivity index (χ1n) is 14.2. The van der Waals surface area contributed by atoms with Gasteiger partial charge in [0.2, 0.25) is 5.91 Å². The van der Waals surface area contributed by atoms with Crippen LogP contribution in [-0.4, -0.2) is 60.6 Å². The van der Waals surface area contributed by atoms with E-state index >= 15 is 0 Å². The predicted octanol–water partition coefficient (Wildman–Crippen LogP) is 5.34. The van der Waals surface area contributed by atoms with Gasteiger partial charge in [-0.05, 0) is 79.1 Å². The Morgan fingerprint density at radius 2 is 1.66 bits per heavy atom. The van der Waals surface area contributed by atoms with Crippen molar-refractivity contribution in [2.24, 2.45) is 5.92 Å². The summed E-state index contributed by atoms with van der Waals surface area (Å²) in [5.74, 6) is -0.381. The highest BCUT2D eigenvalue weighted by atomic mass is 19.4. The maximum atomic E-state index is 13.6. The molecule has 2 aliphatic rings. The molecule has 9 heteroatoms. The van der Waals surface area contributed by atoms with Crippen LogP contribution in [0, 0.1) is 5.92 Å². The summed E-state index contributed by atoms with van der Waals surface area (Å²) in [6, 6.07) is 18.6. The number of likely N-dealkylation sites (tertiary alicyclic amines) is 1. The molecule has 216 valence electrons. The van der Waals surface area contributed by atoms with Crippen LogP contribution in [0.2, 0.25) is 0 Å². The number of carbonyl (C=O) groups excluding carboxylic acids is 2. The van der Waals surface area contributed by atoms with Crippen molar-refractivity contribution in [3.05, 3.63) is 89.7 Å². The largest absolute Gasteiger partial charge is 0.405 e. The zero-order valence-electron chi connectivity index (χ0n) is 22.9.